The minimum absolute atomic E-state index is 0.0261. The normalized spacial score (nSPS) is 14.0. The number of nitrogens with one attached hydrogen (secondary N) is 1. The summed E-state index contributed by atoms with van der Waals surface area (Å²) in [6.07, 6.45) is 1.96. The van der Waals surface area contributed by atoms with Gasteiger partial charge in [-0.2, -0.15) is 0 Å². The fourth-order valence-electron chi connectivity index (χ4n) is 3.77. The molecule has 4 nitrogen and oxygen atoms in total. The molecule has 3 aromatic carbocycles. The summed E-state index contributed by atoms with van der Waals surface area (Å²) in [6, 6.07) is 24.7. The zero-order valence-electron chi connectivity index (χ0n) is 16.5. The van der Waals surface area contributed by atoms with Gasteiger partial charge in [-0.15, -0.1) is 0 Å². The second-order valence-electron chi connectivity index (χ2n) is 7.37. The lowest BCUT2D eigenvalue weighted by Gasteiger charge is -2.29. The van der Waals surface area contributed by atoms with Crippen LogP contribution >= 0.6 is 0 Å². The predicted octanol–water partition coefficient (Wildman–Crippen LogP) is 4.77. The molecule has 0 saturated carbocycles. The van der Waals surface area contributed by atoms with E-state index in [0.717, 1.165) is 24.1 Å². The van der Waals surface area contributed by atoms with Gasteiger partial charge in [0.1, 0.15) is 0 Å². The molecule has 1 aliphatic rings. The number of nitrogens with zero attached hydrogens (tertiary/aromatic N) is 1. The van der Waals surface area contributed by atoms with Crippen LogP contribution in [0.1, 0.15) is 51.2 Å². The van der Waals surface area contributed by atoms with Crippen LogP contribution in [-0.2, 0) is 6.42 Å². The lowest BCUT2D eigenvalue weighted by atomic mass is 10.0. The van der Waals surface area contributed by atoms with Crippen LogP contribution in [-0.4, -0.2) is 18.4 Å². The van der Waals surface area contributed by atoms with E-state index in [1.165, 1.54) is 5.56 Å². The van der Waals surface area contributed by atoms with Crippen LogP contribution in [0.15, 0.2) is 78.9 Å². The number of hydrogen-bond acceptors (Lipinski definition) is 2. The van der Waals surface area contributed by atoms with E-state index >= 15 is 0 Å². The van der Waals surface area contributed by atoms with Crippen molar-refractivity contribution in [3.63, 3.8) is 0 Å². The van der Waals surface area contributed by atoms with E-state index in [0.29, 0.717) is 17.7 Å². The molecule has 0 saturated heterocycles. The van der Waals surface area contributed by atoms with Gasteiger partial charge in [-0.3, -0.25) is 9.59 Å². The fraction of sp³-hybridized carbons (Fsp3) is 0.200. The predicted molar refractivity (Wildman–Crippen MR) is 115 cm³/mol. The van der Waals surface area contributed by atoms with Gasteiger partial charge in [-0.25, -0.2) is 0 Å². The lowest BCUT2D eigenvalue weighted by Crippen LogP contribution is -2.35. The molecule has 3 aromatic rings. The molecule has 0 radical (unpaired) electrons. The summed E-state index contributed by atoms with van der Waals surface area (Å²) in [5, 5.41) is 3.00. The standard InChI is InChI=1S/C25H24N2O2/c1-18(19-8-3-2-4-9-19)26-24(28)21-13-15-22(16-14-21)25(29)27-17-7-11-20-10-5-6-12-23(20)27/h2-6,8-10,12-16,18H,7,11,17H2,1H3,(H,26,28). The Morgan fingerprint density at radius 2 is 1.52 bits per heavy atom. The van der Waals surface area contributed by atoms with E-state index in [9.17, 15) is 9.59 Å². The zero-order chi connectivity index (χ0) is 20.2. The number of anilines is 1. The molecule has 0 aromatic heterocycles. The minimum Gasteiger partial charge on any atom is -0.346 e. The highest BCUT2D eigenvalue weighted by Crippen LogP contribution is 2.28. The molecule has 0 fully saturated rings. The molecule has 1 aliphatic heterocycles. The van der Waals surface area contributed by atoms with Crippen molar-refractivity contribution in [2.24, 2.45) is 0 Å². The molecule has 1 unspecified atom stereocenters. The van der Waals surface area contributed by atoms with Crippen molar-refractivity contribution < 1.29 is 9.59 Å². The van der Waals surface area contributed by atoms with Crippen LogP contribution in [0.2, 0.25) is 0 Å². The molecule has 0 spiro atoms. The highest BCUT2D eigenvalue weighted by molar-refractivity contribution is 6.07. The summed E-state index contributed by atoms with van der Waals surface area (Å²) in [6.45, 7) is 2.67. The highest BCUT2D eigenvalue weighted by atomic mass is 16.2. The van der Waals surface area contributed by atoms with Crippen LogP contribution in [0, 0.1) is 0 Å². The van der Waals surface area contributed by atoms with E-state index < -0.39 is 0 Å². The lowest BCUT2D eigenvalue weighted by molar-refractivity contribution is 0.0937. The maximum absolute atomic E-state index is 13.0. The van der Waals surface area contributed by atoms with Crippen LogP contribution < -0.4 is 10.2 Å². The molecule has 1 atom stereocenters. The van der Waals surface area contributed by atoms with Crippen LogP contribution in [0.25, 0.3) is 0 Å². The summed E-state index contributed by atoms with van der Waals surface area (Å²) >= 11 is 0. The minimum atomic E-state index is -0.149. The van der Waals surface area contributed by atoms with Gasteiger partial charge in [-0.05, 0) is 61.2 Å². The first-order valence-electron chi connectivity index (χ1n) is 9.99. The molecule has 146 valence electrons. The smallest absolute Gasteiger partial charge is 0.258 e. The van der Waals surface area contributed by atoms with Gasteiger partial charge in [0.05, 0.1) is 6.04 Å². The summed E-state index contributed by atoms with van der Waals surface area (Å²) < 4.78 is 0. The molecule has 1 N–H and O–H groups in total. The molecule has 4 rings (SSSR count). The fourth-order valence-corrected chi connectivity index (χ4v) is 3.77. The van der Waals surface area contributed by atoms with Crippen LogP contribution in [0.3, 0.4) is 0 Å². The first kappa shape index (κ1) is 18.9. The quantitative estimate of drug-likeness (QED) is 0.704. The Morgan fingerprint density at radius 1 is 0.862 bits per heavy atom. The molecule has 2 amide bonds. The SMILES string of the molecule is CC(NC(=O)c1ccc(C(=O)N2CCCc3ccccc32)cc1)c1ccccc1. The third kappa shape index (κ3) is 4.06. The molecular weight excluding hydrogens is 360 g/mol. The Labute approximate surface area is 171 Å². The first-order valence-corrected chi connectivity index (χ1v) is 9.99. The summed E-state index contributed by atoms with van der Waals surface area (Å²) in [7, 11) is 0. The Morgan fingerprint density at radius 3 is 2.28 bits per heavy atom. The number of carbonyl (C=O) groups is 2. The molecular formula is C25H24N2O2. The summed E-state index contributed by atoms with van der Waals surface area (Å²) in [5.74, 6) is -0.176. The van der Waals surface area contributed by atoms with Crippen molar-refractivity contribution in [3.05, 3.63) is 101 Å². The maximum atomic E-state index is 13.0. The van der Waals surface area contributed by atoms with Crippen LogP contribution in [0.5, 0.6) is 0 Å². The van der Waals surface area contributed by atoms with E-state index in [-0.39, 0.29) is 17.9 Å². The number of carbonyl (C=O) groups excluding carboxylic acids is 2. The molecule has 1 heterocycles. The van der Waals surface area contributed by atoms with Gasteiger partial charge in [-0.1, -0.05) is 48.5 Å². The second-order valence-corrected chi connectivity index (χ2v) is 7.37. The third-order valence-electron chi connectivity index (χ3n) is 5.40. The topological polar surface area (TPSA) is 49.4 Å². The van der Waals surface area contributed by atoms with Crippen molar-refractivity contribution in [2.45, 2.75) is 25.8 Å². The Kier molecular flexibility index (Phi) is 5.43. The largest absolute Gasteiger partial charge is 0.346 e. The third-order valence-corrected chi connectivity index (χ3v) is 5.40. The van der Waals surface area contributed by atoms with Crippen molar-refractivity contribution >= 4 is 17.5 Å². The number of hydrogen-bond donors (Lipinski definition) is 1. The summed E-state index contributed by atoms with van der Waals surface area (Å²) in [4.78, 5) is 27.4. The average molecular weight is 384 g/mol. The highest BCUT2D eigenvalue weighted by Gasteiger charge is 2.23. The van der Waals surface area contributed by atoms with Crippen molar-refractivity contribution in [1.29, 1.82) is 0 Å². The average Bonchev–Trinajstić information content (AvgIpc) is 2.79. The second kappa shape index (κ2) is 8.31. The molecule has 0 bridgehead atoms. The number of benzene rings is 3. The van der Waals surface area contributed by atoms with Crippen molar-refractivity contribution in [1.82, 2.24) is 5.32 Å². The van der Waals surface area contributed by atoms with E-state index in [4.69, 9.17) is 0 Å². The number of rotatable bonds is 4. The van der Waals surface area contributed by atoms with Crippen molar-refractivity contribution in [3.8, 4) is 0 Å². The summed E-state index contributed by atoms with van der Waals surface area (Å²) in [5.41, 5.74) is 4.38. The van der Waals surface area contributed by atoms with Gasteiger partial charge in [0.15, 0.2) is 0 Å². The van der Waals surface area contributed by atoms with Gasteiger partial charge < -0.3 is 10.2 Å². The van der Waals surface area contributed by atoms with Gasteiger partial charge in [0.2, 0.25) is 0 Å². The number of amides is 2. The Bertz CT molecular complexity index is 1010. The van der Waals surface area contributed by atoms with Gasteiger partial charge in [0, 0.05) is 23.4 Å². The van der Waals surface area contributed by atoms with E-state index in [2.05, 4.69) is 11.4 Å². The van der Waals surface area contributed by atoms with E-state index in [1.54, 1.807) is 24.3 Å². The van der Waals surface area contributed by atoms with Gasteiger partial charge >= 0.3 is 0 Å². The first-order chi connectivity index (χ1) is 14.1. The molecule has 0 aliphatic carbocycles. The zero-order valence-corrected chi connectivity index (χ0v) is 16.5. The van der Waals surface area contributed by atoms with Crippen LogP contribution in [0.4, 0.5) is 5.69 Å². The Hall–Kier alpha value is -3.40. The van der Waals surface area contributed by atoms with E-state index in [1.807, 2.05) is 60.4 Å². The number of para-hydroxylation sites is 1. The Balaban J connectivity index is 1.47. The monoisotopic (exact) mass is 384 g/mol. The molecule has 4 heteroatoms. The maximum Gasteiger partial charge on any atom is 0.258 e. The number of fused-ring (bicyclic) bond motifs is 1. The van der Waals surface area contributed by atoms with Crippen molar-refractivity contribution in [2.75, 3.05) is 11.4 Å². The molecule has 29 heavy (non-hydrogen) atoms. The number of aryl methyl sites for hydroxylation is 1. The van der Waals surface area contributed by atoms with Gasteiger partial charge in [0.25, 0.3) is 11.8 Å².